The predicted molar refractivity (Wildman–Crippen MR) is 129 cm³/mol. The number of nitrogens with one attached hydrogen (secondary N) is 1. The summed E-state index contributed by atoms with van der Waals surface area (Å²) in [6, 6.07) is 22.9. The molecule has 1 atom stereocenters. The Kier molecular flexibility index (Phi) is 5.84. The Morgan fingerprint density at radius 3 is 2.50 bits per heavy atom. The SMILES string of the molecule is O=C1CC(NC2=CCCC=C2)N(c2ccccc2)c2cc(CCc3ccccc3)ncc21. The van der Waals surface area contributed by atoms with Gasteiger partial charge in [0.15, 0.2) is 5.78 Å². The number of anilines is 2. The quantitative estimate of drug-likeness (QED) is 0.551. The zero-order valence-electron chi connectivity index (χ0n) is 18.1. The molecule has 0 radical (unpaired) electrons. The van der Waals surface area contributed by atoms with Crippen LogP contribution in [0.25, 0.3) is 0 Å². The summed E-state index contributed by atoms with van der Waals surface area (Å²) in [5, 5.41) is 3.61. The molecule has 1 aliphatic heterocycles. The number of aromatic nitrogens is 1. The van der Waals surface area contributed by atoms with Crippen LogP contribution in [0.4, 0.5) is 11.4 Å². The van der Waals surface area contributed by atoms with Gasteiger partial charge >= 0.3 is 0 Å². The van der Waals surface area contributed by atoms with Gasteiger partial charge < -0.3 is 10.2 Å². The summed E-state index contributed by atoms with van der Waals surface area (Å²) in [7, 11) is 0. The Balaban J connectivity index is 1.49. The molecule has 2 aromatic carbocycles. The van der Waals surface area contributed by atoms with Crippen LogP contribution in [0.2, 0.25) is 0 Å². The van der Waals surface area contributed by atoms with Crippen molar-refractivity contribution in [1.29, 1.82) is 0 Å². The number of fused-ring (bicyclic) bond motifs is 1. The average molecular weight is 422 g/mol. The van der Waals surface area contributed by atoms with Gasteiger partial charge in [0.25, 0.3) is 0 Å². The van der Waals surface area contributed by atoms with Crippen molar-refractivity contribution in [1.82, 2.24) is 10.3 Å². The van der Waals surface area contributed by atoms with Crippen molar-refractivity contribution in [2.24, 2.45) is 0 Å². The molecular formula is C28H27N3O. The van der Waals surface area contributed by atoms with Crippen LogP contribution >= 0.6 is 0 Å². The smallest absolute Gasteiger partial charge is 0.170 e. The maximum absolute atomic E-state index is 13.1. The Hall–Kier alpha value is -3.66. The Morgan fingerprint density at radius 1 is 0.969 bits per heavy atom. The second-order valence-electron chi connectivity index (χ2n) is 8.31. The lowest BCUT2D eigenvalue weighted by Gasteiger charge is -2.39. The third-order valence-electron chi connectivity index (χ3n) is 6.06. The van der Waals surface area contributed by atoms with Crippen molar-refractivity contribution < 1.29 is 4.79 Å². The van der Waals surface area contributed by atoms with E-state index >= 15 is 0 Å². The van der Waals surface area contributed by atoms with Crippen molar-refractivity contribution in [3.63, 3.8) is 0 Å². The lowest BCUT2D eigenvalue weighted by Crippen LogP contribution is -2.47. The Bertz CT molecular complexity index is 1150. The van der Waals surface area contributed by atoms with Crippen molar-refractivity contribution >= 4 is 17.2 Å². The molecule has 4 nitrogen and oxygen atoms in total. The van der Waals surface area contributed by atoms with E-state index in [1.54, 1.807) is 6.20 Å². The molecular weight excluding hydrogens is 394 g/mol. The highest BCUT2D eigenvalue weighted by molar-refractivity contribution is 6.04. The Morgan fingerprint density at radius 2 is 1.75 bits per heavy atom. The summed E-state index contributed by atoms with van der Waals surface area (Å²) < 4.78 is 0. The maximum atomic E-state index is 13.1. The van der Waals surface area contributed by atoms with E-state index in [-0.39, 0.29) is 11.9 Å². The van der Waals surface area contributed by atoms with Gasteiger partial charge in [-0.2, -0.15) is 0 Å². The van der Waals surface area contributed by atoms with E-state index in [0.717, 1.165) is 48.4 Å². The van der Waals surface area contributed by atoms with Crippen molar-refractivity contribution in [2.75, 3.05) is 4.90 Å². The highest BCUT2D eigenvalue weighted by Crippen LogP contribution is 2.37. The summed E-state index contributed by atoms with van der Waals surface area (Å²) in [6.07, 6.45) is 12.4. The minimum absolute atomic E-state index is 0.132. The molecule has 0 spiro atoms. The van der Waals surface area contributed by atoms with Crippen LogP contribution in [0.15, 0.2) is 96.9 Å². The monoisotopic (exact) mass is 421 g/mol. The van der Waals surface area contributed by atoms with Crippen molar-refractivity contribution in [3.8, 4) is 0 Å². The average Bonchev–Trinajstić information content (AvgIpc) is 2.85. The third-order valence-corrected chi connectivity index (χ3v) is 6.06. The lowest BCUT2D eigenvalue weighted by molar-refractivity contribution is 0.0964. The number of para-hydroxylation sites is 1. The second kappa shape index (κ2) is 9.23. The number of carbonyl (C=O) groups excluding carboxylic acids is 1. The van der Waals surface area contributed by atoms with Gasteiger partial charge in [0.2, 0.25) is 0 Å². The number of allylic oxidation sites excluding steroid dienone is 3. The van der Waals surface area contributed by atoms with Crippen LogP contribution in [0, 0.1) is 0 Å². The number of benzene rings is 2. The first-order chi connectivity index (χ1) is 15.8. The van der Waals surface area contributed by atoms with Crippen molar-refractivity contribution in [3.05, 3.63) is 114 Å². The molecule has 0 saturated carbocycles. The molecule has 5 rings (SSSR count). The van der Waals surface area contributed by atoms with E-state index in [4.69, 9.17) is 0 Å². The fourth-order valence-electron chi connectivity index (χ4n) is 4.44. The van der Waals surface area contributed by atoms with E-state index in [1.807, 2.05) is 24.3 Å². The zero-order valence-corrected chi connectivity index (χ0v) is 18.1. The van der Waals surface area contributed by atoms with Gasteiger partial charge in [-0.3, -0.25) is 9.78 Å². The number of ketones is 1. The molecule has 160 valence electrons. The highest BCUT2D eigenvalue weighted by atomic mass is 16.1. The Labute approximate surface area is 189 Å². The second-order valence-corrected chi connectivity index (χ2v) is 8.31. The van der Waals surface area contributed by atoms with Crippen LogP contribution < -0.4 is 10.2 Å². The van der Waals surface area contributed by atoms with Gasteiger partial charge in [0, 0.05) is 23.3 Å². The molecule has 0 fully saturated rings. The van der Waals surface area contributed by atoms with Crippen LogP contribution in [-0.4, -0.2) is 16.9 Å². The largest absolute Gasteiger partial charge is 0.365 e. The number of pyridine rings is 1. The van der Waals surface area contributed by atoms with Crippen LogP contribution in [-0.2, 0) is 12.8 Å². The normalized spacial score (nSPS) is 17.6. The van der Waals surface area contributed by atoms with Crippen LogP contribution in [0.3, 0.4) is 0 Å². The van der Waals surface area contributed by atoms with E-state index in [1.165, 1.54) is 5.56 Å². The van der Waals surface area contributed by atoms with Gasteiger partial charge in [-0.15, -0.1) is 0 Å². The molecule has 0 saturated heterocycles. The number of carbonyl (C=O) groups is 1. The molecule has 32 heavy (non-hydrogen) atoms. The van der Waals surface area contributed by atoms with Gasteiger partial charge in [0.05, 0.1) is 17.7 Å². The summed E-state index contributed by atoms with van der Waals surface area (Å²) >= 11 is 0. The minimum atomic E-state index is -0.143. The van der Waals surface area contributed by atoms with Crippen LogP contribution in [0.5, 0.6) is 0 Å². The van der Waals surface area contributed by atoms with Gasteiger partial charge in [-0.05, 0) is 55.5 Å². The minimum Gasteiger partial charge on any atom is -0.365 e. The number of hydrogen-bond acceptors (Lipinski definition) is 4. The third kappa shape index (κ3) is 4.35. The summed E-state index contributed by atoms with van der Waals surface area (Å²) in [5.74, 6) is 0.132. The molecule has 3 aromatic rings. The molecule has 2 heterocycles. The standard InChI is InChI=1S/C28H27N3O/c32-27-19-28(30-22-12-6-2-7-13-22)31(24-14-8-3-9-15-24)26-18-23(29-20-25(26)27)17-16-21-10-4-1-5-11-21/h1,3-6,8-15,18,20,28,30H,2,7,16-17,19H2. The van der Waals surface area contributed by atoms with Gasteiger partial charge in [-0.1, -0.05) is 60.7 Å². The highest BCUT2D eigenvalue weighted by Gasteiger charge is 2.33. The van der Waals surface area contributed by atoms with E-state index in [2.05, 4.69) is 75.9 Å². The molecule has 1 aromatic heterocycles. The van der Waals surface area contributed by atoms with Gasteiger partial charge in [-0.25, -0.2) is 0 Å². The van der Waals surface area contributed by atoms with Gasteiger partial charge in [0.1, 0.15) is 6.17 Å². The van der Waals surface area contributed by atoms with E-state index in [0.29, 0.717) is 12.0 Å². The summed E-state index contributed by atoms with van der Waals surface area (Å²) in [4.78, 5) is 20.0. The molecule has 1 N–H and O–H groups in total. The number of aryl methyl sites for hydroxylation is 2. The molecule has 0 bridgehead atoms. The lowest BCUT2D eigenvalue weighted by atomic mass is 9.97. The van der Waals surface area contributed by atoms with E-state index in [9.17, 15) is 4.79 Å². The molecule has 1 aliphatic carbocycles. The summed E-state index contributed by atoms with van der Waals surface area (Å²) in [6.45, 7) is 0. The fourth-order valence-corrected chi connectivity index (χ4v) is 4.44. The zero-order chi connectivity index (χ0) is 21.8. The summed E-state index contributed by atoms with van der Waals surface area (Å²) in [5.41, 5.74) is 6.07. The first-order valence-electron chi connectivity index (χ1n) is 11.3. The maximum Gasteiger partial charge on any atom is 0.170 e. The first-order valence-corrected chi connectivity index (χ1v) is 11.3. The number of rotatable bonds is 6. The topological polar surface area (TPSA) is 45.2 Å². The predicted octanol–water partition coefficient (Wildman–Crippen LogP) is 5.74. The molecule has 2 aliphatic rings. The molecule has 4 heteroatoms. The molecule has 0 amide bonds. The van der Waals surface area contributed by atoms with Crippen LogP contribution in [0.1, 0.15) is 40.9 Å². The number of nitrogens with zero attached hydrogens (tertiary/aromatic N) is 2. The van der Waals surface area contributed by atoms with E-state index < -0.39 is 0 Å². The number of Topliss-reactive ketones (excluding diaryl/α,β-unsaturated/α-hetero) is 1. The fraction of sp³-hybridized carbons (Fsp3) is 0.214. The first kappa shape index (κ1) is 20.3. The molecule has 1 unspecified atom stereocenters. The number of hydrogen-bond donors (Lipinski definition) is 1. The van der Waals surface area contributed by atoms with Crippen molar-refractivity contribution in [2.45, 2.75) is 38.3 Å².